The molecule has 2 aromatic rings. The van der Waals surface area contributed by atoms with E-state index in [-0.39, 0.29) is 36.1 Å². The smallest absolute Gasteiger partial charge is 0.306 e. The molecule has 2 saturated heterocycles. The molecule has 0 spiro atoms. The molecule has 3 heterocycles. The van der Waals surface area contributed by atoms with Gasteiger partial charge in [-0.15, -0.1) is 0 Å². The van der Waals surface area contributed by atoms with Crippen molar-refractivity contribution < 1.29 is 14.4 Å². The van der Waals surface area contributed by atoms with E-state index in [4.69, 9.17) is 14.6 Å². The average molecular weight is 549 g/mol. The Kier molecular flexibility index (Phi) is 8.24. The molecule has 5 atom stereocenters. The summed E-state index contributed by atoms with van der Waals surface area (Å²) in [5.74, 6) is 1.50. The van der Waals surface area contributed by atoms with E-state index < -0.39 is 0 Å². The number of para-hydroxylation sites is 2. The summed E-state index contributed by atoms with van der Waals surface area (Å²) >= 11 is 0. The van der Waals surface area contributed by atoms with E-state index >= 15 is 0 Å². The largest absolute Gasteiger partial charge is 0.466 e. The van der Waals surface area contributed by atoms with E-state index in [0.29, 0.717) is 30.4 Å². The van der Waals surface area contributed by atoms with Crippen LogP contribution in [0.25, 0.3) is 11.0 Å². The predicted octanol–water partition coefficient (Wildman–Crippen LogP) is 5.62. The van der Waals surface area contributed by atoms with E-state index in [2.05, 4.69) is 10.1 Å². The summed E-state index contributed by atoms with van der Waals surface area (Å²) in [5, 5.41) is 4.16. The lowest BCUT2D eigenvalue weighted by Crippen LogP contribution is -2.52. The number of hydrogen-bond donors (Lipinski definition) is 0. The minimum absolute atomic E-state index is 0.118. The van der Waals surface area contributed by atoms with Gasteiger partial charge in [0.1, 0.15) is 12.8 Å². The maximum absolute atomic E-state index is 14.2. The van der Waals surface area contributed by atoms with Crippen LogP contribution in [0.15, 0.2) is 34.2 Å². The van der Waals surface area contributed by atoms with Gasteiger partial charge in [0.25, 0.3) is 5.56 Å². The summed E-state index contributed by atoms with van der Waals surface area (Å²) in [7, 11) is 1.46. The van der Waals surface area contributed by atoms with Gasteiger partial charge in [0, 0.05) is 30.6 Å². The zero-order valence-corrected chi connectivity index (χ0v) is 24.1. The van der Waals surface area contributed by atoms with Crippen molar-refractivity contribution in [2.45, 2.75) is 115 Å². The molecule has 3 unspecified atom stereocenters. The van der Waals surface area contributed by atoms with Crippen molar-refractivity contribution >= 4 is 22.7 Å². The fourth-order valence-electron chi connectivity index (χ4n) is 8.58. The maximum Gasteiger partial charge on any atom is 0.306 e. The number of piperidine rings is 1. The molecule has 6 rings (SSSR count). The average Bonchev–Trinajstić information content (AvgIpc) is 3.10. The lowest BCUT2D eigenvalue weighted by atomic mass is 9.76. The quantitative estimate of drug-likeness (QED) is 0.242. The van der Waals surface area contributed by atoms with E-state index in [9.17, 15) is 9.59 Å². The first-order chi connectivity index (χ1) is 19.6. The number of carbonyl (C=O) groups excluding carboxylic acids is 1. The molecular formula is C32H44N4O4. The van der Waals surface area contributed by atoms with Crippen LogP contribution in [0.1, 0.15) is 102 Å². The van der Waals surface area contributed by atoms with Gasteiger partial charge in [-0.25, -0.2) is 4.98 Å². The lowest BCUT2D eigenvalue weighted by Gasteiger charge is -2.48. The third kappa shape index (κ3) is 5.44. The normalized spacial score (nSPS) is 30.7. The third-order valence-corrected chi connectivity index (χ3v) is 10.0. The number of oxime groups is 1. The topological polar surface area (TPSA) is 86.0 Å². The van der Waals surface area contributed by atoms with E-state index in [1.165, 1.54) is 64.9 Å². The summed E-state index contributed by atoms with van der Waals surface area (Å²) in [6, 6.07) is 9.81. The van der Waals surface area contributed by atoms with Crippen LogP contribution in [0.2, 0.25) is 0 Å². The Morgan fingerprint density at radius 1 is 0.925 bits per heavy atom. The number of carbonyl (C=O) groups is 1. The zero-order valence-electron chi connectivity index (χ0n) is 24.1. The Morgan fingerprint density at radius 2 is 1.62 bits per heavy atom. The zero-order chi connectivity index (χ0) is 27.6. The molecule has 40 heavy (non-hydrogen) atoms. The molecule has 0 N–H and O–H groups in total. The fraction of sp³-hybridized carbons (Fsp3) is 0.688. The van der Waals surface area contributed by atoms with Gasteiger partial charge < -0.3 is 14.1 Å². The van der Waals surface area contributed by atoms with E-state index in [1.807, 2.05) is 28.8 Å². The molecule has 2 aliphatic heterocycles. The molecule has 0 radical (unpaired) electrons. The molecule has 216 valence electrons. The highest BCUT2D eigenvalue weighted by Gasteiger charge is 2.47. The van der Waals surface area contributed by atoms with E-state index in [1.54, 1.807) is 6.92 Å². The molecule has 1 aromatic heterocycles. The standard InChI is InChI=1S/C32H44N4O4/c1-3-40-30(37)15-14-28(34-39-2)31-32(38)36(29-11-7-6-10-27(29)33-31)26-19-23-12-13-24(20-26)35(23)25-17-21-8-4-5-9-22(16-21)18-25/h6-7,10-11,21-26H,3-5,8-9,12-20H2,1-2H3/b34-28+/t21?,22?,23-,24+,25?,26?. The number of hydrogen-bond acceptors (Lipinski definition) is 7. The first-order valence-corrected chi connectivity index (χ1v) is 15.6. The molecule has 1 aromatic carbocycles. The van der Waals surface area contributed by atoms with Crippen molar-refractivity contribution in [2.75, 3.05) is 13.7 Å². The van der Waals surface area contributed by atoms with Crippen molar-refractivity contribution in [2.24, 2.45) is 17.0 Å². The highest BCUT2D eigenvalue weighted by molar-refractivity contribution is 6.00. The second-order valence-corrected chi connectivity index (χ2v) is 12.5. The Bertz CT molecular complexity index is 1280. The number of esters is 1. The maximum atomic E-state index is 14.2. The molecule has 8 heteroatoms. The van der Waals surface area contributed by atoms with Crippen molar-refractivity contribution in [3.05, 3.63) is 40.3 Å². The first kappa shape index (κ1) is 27.4. The second kappa shape index (κ2) is 12.0. The monoisotopic (exact) mass is 548 g/mol. The van der Waals surface area contributed by atoms with Gasteiger partial charge in [-0.2, -0.15) is 0 Å². The van der Waals surface area contributed by atoms with Crippen molar-refractivity contribution in [3.63, 3.8) is 0 Å². The number of nitrogens with zero attached hydrogens (tertiary/aromatic N) is 4. The number of benzene rings is 1. The van der Waals surface area contributed by atoms with Gasteiger partial charge in [-0.1, -0.05) is 43.0 Å². The van der Waals surface area contributed by atoms with Crippen LogP contribution in [0.3, 0.4) is 0 Å². The summed E-state index contributed by atoms with van der Waals surface area (Å²) < 4.78 is 7.10. The van der Waals surface area contributed by atoms with Gasteiger partial charge in [0.15, 0.2) is 5.69 Å². The Labute approximate surface area is 237 Å². The fourth-order valence-corrected chi connectivity index (χ4v) is 8.58. The van der Waals surface area contributed by atoms with E-state index in [0.717, 1.165) is 35.7 Å². The predicted molar refractivity (Wildman–Crippen MR) is 155 cm³/mol. The first-order valence-electron chi connectivity index (χ1n) is 15.6. The highest BCUT2D eigenvalue weighted by Crippen LogP contribution is 2.48. The molecule has 2 saturated carbocycles. The van der Waals surface area contributed by atoms with Crippen molar-refractivity contribution in [1.29, 1.82) is 0 Å². The lowest BCUT2D eigenvalue weighted by molar-refractivity contribution is -0.142. The van der Waals surface area contributed by atoms with Crippen molar-refractivity contribution in [3.8, 4) is 0 Å². The Hall–Kier alpha value is -2.74. The molecule has 4 bridgehead atoms. The van der Waals surface area contributed by atoms with Crippen LogP contribution in [-0.2, 0) is 14.4 Å². The third-order valence-electron chi connectivity index (χ3n) is 10.0. The Balaban J connectivity index is 1.30. The second-order valence-electron chi connectivity index (χ2n) is 12.5. The van der Waals surface area contributed by atoms with Gasteiger partial charge in [0.2, 0.25) is 0 Å². The molecule has 8 nitrogen and oxygen atoms in total. The molecule has 4 aliphatic rings. The van der Waals surface area contributed by atoms with Gasteiger partial charge in [-0.3, -0.25) is 14.5 Å². The van der Waals surface area contributed by atoms with Crippen LogP contribution in [0, 0.1) is 11.8 Å². The SMILES string of the molecule is CCOC(=O)CC/C(=N\OC)c1nc2ccccc2n(C2C[C@H]3CC[C@@H](C2)N3C2CC3CCCCC(C3)C2)c1=O. The van der Waals surface area contributed by atoms with Crippen molar-refractivity contribution in [1.82, 2.24) is 14.5 Å². The summed E-state index contributed by atoms with van der Waals surface area (Å²) in [6.07, 6.45) is 14.7. The summed E-state index contributed by atoms with van der Waals surface area (Å²) in [6.45, 7) is 2.10. The molecule has 2 aliphatic carbocycles. The minimum Gasteiger partial charge on any atom is -0.466 e. The number of ether oxygens (including phenoxy) is 1. The van der Waals surface area contributed by atoms with Crippen LogP contribution < -0.4 is 5.56 Å². The molecule has 4 fully saturated rings. The van der Waals surface area contributed by atoms with Crippen LogP contribution in [0.5, 0.6) is 0 Å². The number of rotatable bonds is 8. The van der Waals surface area contributed by atoms with Gasteiger partial charge in [0.05, 0.1) is 24.1 Å². The van der Waals surface area contributed by atoms with Gasteiger partial charge >= 0.3 is 5.97 Å². The number of fused-ring (bicyclic) bond motifs is 5. The number of aromatic nitrogens is 2. The van der Waals surface area contributed by atoms with Crippen LogP contribution in [0.4, 0.5) is 0 Å². The minimum atomic E-state index is -0.320. The summed E-state index contributed by atoms with van der Waals surface area (Å²) in [5.41, 5.74) is 2.17. The Morgan fingerprint density at radius 3 is 2.30 bits per heavy atom. The van der Waals surface area contributed by atoms with Gasteiger partial charge in [-0.05, 0) is 75.8 Å². The van der Waals surface area contributed by atoms with Crippen LogP contribution in [-0.4, -0.2) is 58.0 Å². The van der Waals surface area contributed by atoms with Crippen LogP contribution >= 0.6 is 0 Å². The molecular weight excluding hydrogens is 504 g/mol. The summed E-state index contributed by atoms with van der Waals surface area (Å²) in [4.78, 5) is 39.1. The highest BCUT2D eigenvalue weighted by atomic mass is 16.6. The molecule has 0 amide bonds.